The van der Waals surface area contributed by atoms with Crippen LogP contribution >= 0.6 is 0 Å². The molecule has 0 aliphatic heterocycles. The highest BCUT2D eigenvalue weighted by molar-refractivity contribution is 7.89. The zero-order chi connectivity index (χ0) is 27.7. The number of unbranched alkanes of at least 4 members (excludes halogenated alkanes) is 1. The lowest BCUT2D eigenvalue weighted by molar-refractivity contribution is 0.199. The van der Waals surface area contributed by atoms with Gasteiger partial charge in [0.2, 0.25) is 10.0 Å². The zero-order valence-corrected chi connectivity index (χ0v) is 23.3. The Hall–Kier alpha value is -3.73. The van der Waals surface area contributed by atoms with E-state index in [4.69, 9.17) is 20.6 Å². The minimum Gasteiger partial charge on any atom is -0.384 e. The number of nitrogens with zero attached hydrogens (tertiary/aromatic N) is 4. The van der Waals surface area contributed by atoms with Gasteiger partial charge in [-0.2, -0.15) is 0 Å². The molecule has 0 aliphatic carbocycles. The molecule has 0 aliphatic rings. The summed E-state index contributed by atoms with van der Waals surface area (Å²) in [6, 6.07) is 17.5. The highest BCUT2D eigenvalue weighted by Gasteiger charge is 2.20. The number of sulfonamides is 1. The zero-order valence-electron chi connectivity index (χ0n) is 22.5. The molecule has 2 heterocycles. The normalized spacial score (nSPS) is 12.1. The van der Waals surface area contributed by atoms with Gasteiger partial charge in [0.15, 0.2) is 5.82 Å². The first-order valence-electron chi connectivity index (χ1n) is 13.0. The molecule has 0 fully saturated rings. The number of fused-ring (bicyclic) bond motifs is 4. The van der Waals surface area contributed by atoms with Crippen LogP contribution in [-0.4, -0.2) is 50.8 Å². The Labute approximate surface area is 228 Å². The maximum atomic E-state index is 12.7. The number of nitrogens with two attached hydrogens (primary N) is 2. The fraction of sp³-hybridized carbons (Fsp3) is 0.310. The van der Waals surface area contributed by atoms with Gasteiger partial charge in [-0.05, 0) is 37.0 Å². The summed E-state index contributed by atoms with van der Waals surface area (Å²) in [6.45, 7) is 1.24. The van der Waals surface area contributed by atoms with Gasteiger partial charge < -0.3 is 19.9 Å². The molecule has 5 aromatic rings. The molecule has 10 heteroatoms. The van der Waals surface area contributed by atoms with Crippen LogP contribution in [0, 0.1) is 0 Å². The van der Waals surface area contributed by atoms with Crippen LogP contribution in [0.15, 0.2) is 59.5 Å². The van der Waals surface area contributed by atoms with E-state index >= 15 is 0 Å². The second-order valence-electron chi connectivity index (χ2n) is 9.96. The van der Waals surface area contributed by atoms with Crippen LogP contribution in [0.3, 0.4) is 0 Å². The van der Waals surface area contributed by atoms with Crippen molar-refractivity contribution in [3.63, 3.8) is 0 Å². The number of ether oxygens (including phenoxy) is 1. The quantitative estimate of drug-likeness (QED) is 0.251. The van der Waals surface area contributed by atoms with E-state index in [0.29, 0.717) is 42.7 Å². The van der Waals surface area contributed by atoms with Crippen molar-refractivity contribution in [2.24, 2.45) is 5.14 Å². The number of rotatable bonds is 10. The van der Waals surface area contributed by atoms with Crippen molar-refractivity contribution in [2.45, 2.75) is 37.1 Å². The molecule has 3 aromatic carbocycles. The maximum Gasteiger partial charge on any atom is 0.238 e. The van der Waals surface area contributed by atoms with Crippen molar-refractivity contribution >= 4 is 54.2 Å². The largest absolute Gasteiger partial charge is 0.384 e. The molecule has 0 amide bonds. The molecule has 9 nitrogen and oxygen atoms in total. The van der Waals surface area contributed by atoms with Gasteiger partial charge in [-0.3, -0.25) is 0 Å². The van der Waals surface area contributed by atoms with Gasteiger partial charge in [0.1, 0.15) is 11.3 Å². The number of anilines is 2. The van der Waals surface area contributed by atoms with Crippen molar-refractivity contribution in [1.82, 2.24) is 14.5 Å². The summed E-state index contributed by atoms with van der Waals surface area (Å²) >= 11 is 0. The van der Waals surface area contributed by atoms with Crippen molar-refractivity contribution in [3.8, 4) is 0 Å². The summed E-state index contributed by atoms with van der Waals surface area (Å²) in [7, 11) is 1.62. The smallest absolute Gasteiger partial charge is 0.238 e. The Morgan fingerprint density at radius 1 is 0.923 bits per heavy atom. The summed E-state index contributed by atoms with van der Waals surface area (Å²) in [5.41, 5.74) is 10.5. The fourth-order valence-corrected chi connectivity index (χ4v) is 6.42. The molecule has 4 N–H and O–H groups in total. The number of imidazole rings is 1. The Balaban J connectivity index is 1.46. The number of nitrogen functional groups attached to an aromatic ring is 1. The van der Waals surface area contributed by atoms with Crippen molar-refractivity contribution in [1.29, 1.82) is 0 Å². The predicted octanol–water partition coefficient (Wildman–Crippen LogP) is 4.25. The Morgan fingerprint density at radius 3 is 2.44 bits per heavy atom. The summed E-state index contributed by atoms with van der Waals surface area (Å²) in [5, 5.41) is 8.26. The molecule has 0 radical (unpaired) electrons. The van der Waals surface area contributed by atoms with Crippen LogP contribution in [0.25, 0.3) is 32.7 Å². The second kappa shape index (κ2) is 10.8. The van der Waals surface area contributed by atoms with E-state index in [1.54, 1.807) is 7.11 Å². The third kappa shape index (κ3) is 5.15. The van der Waals surface area contributed by atoms with Gasteiger partial charge in [-0.15, -0.1) is 0 Å². The first kappa shape index (κ1) is 26.9. The molecular weight excluding hydrogens is 512 g/mol. The number of aromatic nitrogens is 3. The summed E-state index contributed by atoms with van der Waals surface area (Å²) < 4.78 is 33.0. The third-order valence-electron chi connectivity index (χ3n) is 7.13. The minimum absolute atomic E-state index is 0.211. The Kier molecular flexibility index (Phi) is 7.44. The molecule has 39 heavy (non-hydrogen) atoms. The van der Waals surface area contributed by atoms with Crippen LogP contribution in [0.4, 0.5) is 11.5 Å². The van der Waals surface area contributed by atoms with Gasteiger partial charge in [-0.1, -0.05) is 42.5 Å². The number of hydrogen-bond acceptors (Lipinski definition) is 7. The lowest BCUT2D eigenvalue weighted by atomic mass is 10.0. The number of hydrogen-bond donors (Lipinski definition) is 2. The third-order valence-corrected chi connectivity index (χ3v) is 8.19. The standard InChI is InChI=1S/C29H34N6O3S/c1-34(2)24-13-8-11-21-20(24)15-14-19(28(21)39(31,36)37)9-6-7-17-35-25(16-18-38-3)33-26-27(35)22-10-4-5-12-23(22)32-29(26)30/h4-5,8,10-15H,6-7,9,16-18H2,1-3H3,(H2,30,32)(H2,31,36,37). The average Bonchev–Trinajstić information content (AvgIpc) is 3.27. The summed E-state index contributed by atoms with van der Waals surface area (Å²) in [5.74, 6) is 1.30. The van der Waals surface area contributed by atoms with Crippen LogP contribution in [0.2, 0.25) is 0 Å². The lowest BCUT2D eigenvalue weighted by Crippen LogP contribution is -2.16. The lowest BCUT2D eigenvalue weighted by Gasteiger charge is -2.18. The monoisotopic (exact) mass is 546 g/mol. The van der Waals surface area contributed by atoms with E-state index in [9.17, 15) is 8.42 Å². The summed E-state index contributed by atoms with van der Waals surface area (Å²) in [4.78, 5) is 11.6. The van der Waals surface area contributed by atoms with E-state index in [0.717, 1.165) is 51.7 Å². The average molecular weight is 547 g/mol. The number of benzene rings is 3. The highest BCUT2D eigenvalue weighted by Crippen LogP contribution is 2.33. The number of primary sulfonamides is 1. The van der Waals surface area contributed by atoms with E-state index in [2.05, 4.69) is 9.55 Å². The van der Waals surface area contributed by atoms with Gasteiger partial charge >= 0.3 is 0 Å². The minimum atomic E-state index is -3.93. The van der Waals surface area contributed by atoms with Crippen LogP contribution < -0.4 is 15.8 Å². The van der Waals surface area contributed by atoms with Gasteiger partial charge in [-0.25, -0.2) is 23.5 Å². The number of pyridine rings is 1. The van der Waals surface area contributed by atoms with E-state index < -0.39 is 10.0 Å². The highest BCUT2D eigenvalue weighted by atomic mass is 32.2. The molecule has 204 valence electrons. The topological polar surface area (TPSA) is 129 Å². The molecular formula is C29H34N6O3S. The number of methoxy groups -OCH3 is 1. The van der Waals surface area contributed by atoms with E-state index in [-0.39, 0.29) is 4.90 Å². The van der Waals surface area contributed by atoms with Gasteiger partial charge in [0.25, 0.3) is 0 Å². The first-order chi connectivity index (χ1) is 18.7. The van der Waals surface area contributed by atoms with E-state index in [1.165, 1.54) is 0 Å². The molecule has 0 atom stereocenters. The fourth-order valence-electron chi connectivity index (χ4n) is 5.40. The molecule has 0 bridgehead atoms. The van der Waals surface area contributed by atoms with Gasteiger partial charge in [0.05, 0.1) is 22.5 Å². The van der Waals surface area contributed by atoms with Crippen molar-refractivity contribution in [3.05, 3.63) is 66.0 Å². The van der Waals surface area contributed by atoms with E-state index in [1.807, 2.05) is 73.6 Å². The van der Waals surface area contributed by atoms with Crippen molar-refractivity contribution < 1.29 is 13.2 Å². The SMILES string of the molecule is COCCc1nc2c(N)nc3ccccc3c2n1CCCCc1ccc2c(N(C)C)cccc2c1S(N)(=O)=O. The van der Waals surface area contributed by atoms with Gasteiger partial charge in [0, 0.05) is 56.0 Å². The Morgan fingerprint density at radius 2 is 1.69 bits per heavy atom. The second-order valence-corrected chi connectivity index (χ2v) is 11.5. The van der Waals surface area contributed by atoms with Crippen LogP contribution in [0.1, 0.15) is 24.2 Å². The molecule has 0 spiro atoms. The summed E-state index contributed by atoms with van der Waals surface area (Å²) in [6.07, 6.45) is 2.80. The molecule has 5 rings (SSSR count). The van der Waals surface area contributed by atoms with Crippen molar-refractivity contribution in [2.75, 3.05) is 38.4 Å². The number of para-hydroxylation sites is 1. The predicted molar refractivity (Wildman–Crippen MR) is 158 cm³/mol. The first-order valence-corrected chi connectivity index (χ1v) is 14.5. The van der Waals surface area contributed by atoms with Crippen LogP contribution in [-0.2, 0) is 34.1 Å². The molecule has 0 unspecified atom stereocenters. The maximum absolute atomic E-state index is 12.7. The molecule has 0 saturated carbocycles. The molecule has 0 saturated heterocycles. The van der Waals surface area contributed by atoms with Crippen LogP contribution in [0.5, 0.6) is 0 Å². The molecule has 2 aromatic heterocycles. The number of aryl methyl sites for hydroxylation is 2. The Bertz CT molecular complexity index is 1780.